The van der Waals surface area contributed by atoms with E-state index in [1.807, 2.05) is 6.07 Å². The number of urea groups is 1. The maximum atomic E-state index is 13.6. The molecule has 1 saturated heterocycles. The molecule has 38 heavy (non-hydrogen) atoms. The highest BCUT2D eigenvalue weighted by atomic mass is 19.3. The number of imide groups is 1. The average Bonchev–Trinajstić information content (AvgIpc) is 3.08. The number of carbonyl (C=O) groups is 4. The van der Waals surface area contributed by atoms with Gasteiger partial charge in [-0.05, 0) is 45.2 Å². The van der Waals surface area contributed by atoms with Crippen molar-refractivity contribution in [3.8, 4) is 11.1 Å². The molecule has 1 aliphatic heterocycles. The fourth-order valence-electron chi connectivity index (χ4n) is 4.78. The number of rotatable bonds is 7. The molecule has 2 aromatic rings. The summed E-state index contributed by atoms with van der Waals surface area (Å²) in [7, 11) is 0. The maximum absolute atomic E-state index is 13.6. The first-order valence-electron chi connectivity index (χ1n) is 12.6. The van der Waals surface area contributed by atoms with Gasteiger partial charge in [0.1, 0.15) is 11.1 Å². The Morgan fingerprint density at radius 1 is 1.05 bits per heavy atom. The molecule has 0 bridgehead atoms. The van der Waals surface area contributed by atoms with Gasteiger partial charge in [-0.3, -0.25) is 24.3 Å². The molecule has 0 unspecified atom stereocenters. The van der Waals surface area contributed by atoms with Gasteiger partial charge in [-0.25, -0.2) is 13.6 Å². The van der Waals surface area contributed by atoms with Crippen molar-refractivity contribution in [2.24, 2.45) is 0 Å². The lowest BCUT2D eigenvalue weighted by Gasteiger charge is -2.34. The second kappa shape index (κ2) is 10.2. The number of nitrogens with zero attached hydrogens (tertiary/aromatic N) is 2. The van der Waals surface area contributed by atoms with Gasteiger partial charge in [0.2, 0.25) is 5.92 Å². The molecule has 1 aromatic carbocycles. The molecule has 4 rings (SSSR count). The Morgan fingerprint density at radius 2 is 1.71 bits per heavy atom. The first-order valence-corrected chi connectivity index (χ1v) is 12.6. The Balaban J connectivity index is 1.42. The van der Waals surface area contributed by atoms with Crippen molar-refractivity contribution in [3.63, 3.8) is 0 Å². The van der Waals surface area contributed by atoms with Crippen LogP contribution < -0.4 is 5.32 Å². The largest absolute Gasteiger partial charge is 0.460 e. The molecule has 1 N–H and O–H groups in total. The van der Waals surface area contributed by atoms with E-state index in [1.54, 1.807) is 57.3 Å². The van der Waals surface area contributed by atoms with Crippen LogP contribution in [-0.4, -0.2) is 57.2 Å². The van der Waals surface area contributed by atoms with Crippen LogP contribution in [0.2, 0.25) is 0 Å². The minimum Gasteiger partial charge on any atom is -0.460 e. The molecule has 3 amide bonds. The number of ether oxygens (including phenoxy) is 1. The number of aryl methyl sites for hydroxylation is 1. The zero-order chi connectivity index (χ0) is 27.7. The van der Waals surface area contributed by atoms with Crippen molar-refractivity contribution in [2.45, 2.75) is 76.4 Å². The Morgan fingerprint density at radius 3 is 2.34 bits per heavy atom. The summed E-state index contributed by atoms with van der Waals surface area (Å²) in [5.41, 5.74) is 0.660. The average molecular weight is 528 g/mol. The Labute approximate surface area is 219 Å². The molecule has 10 heteroatoms. The van der Waals surface area contributed by atoms with Crippen LogP contribution in [0.3, 0.4) is 0 Å². The summed E-state index contributed by atoms with van der Waals surface area (Å²) in [5, 5.41) is 2.54. The summed E-state index contributed by atoms with van der Waals surface area (Å²) in [6.07, 6.45) is 0.891. The first-order chi connectivity index (χ1) is 17.8. The number of carbonyl (C=O) groups excluding carboxylic acids is 4. The maximum Gasteiger partial charge on any atom is 0.325 e. The fourth-order valence-corrected chi connectivity index (χ4v) is 4.78. The third-order valence-electron chi connectivity index (χ3n) is 6.78. The van der Waals surface area contributed by atoms with Gasteiger partial charge in [-0.1, -0.05) is 30.3 Å². The van der Waals surface area contributed by atoms with Crippen LogP contribution in [0.15, 0.2) is 42.6 Å². The van der Waals surface area contributed by atoms with Gasteiger partial charge in [0.25, 0.3) is 5.91 Å². The number of esters is 1. The molecule has 1 saturated carbocycles. The molecule has 2 heterocycles. The molecule has 1 aliphatic carbocycles. The molecular formula is C28H31F2N3O5. The Bertz CT molecular complexity index is 1240. The van der Waals surface area contributed by atoms with Crippen LogP contribution in [0.4, 0.5) is 13.6 Å². The summed E-state index contributed by atoms with van der Waals surface area (Å²) in [6.45, 7) is 4.94. The standard InChI is InChI=1S/C28H31F2N3O5/c1-26(2,3)38-23(35)11-10-21-20(5-4-16-31-21)18-6-8-19(9-7-18)22(34)17-33-24(36)27(32-25(33)37)12-14-28(29,30)15-13-27/h4-9,16H,10-15,17H2,1-3H3,(H,32,37). The number of aromatic nitrogens is 1. The third-order valence-corrected chi connectivity index (χ3v) is 6.78. The number of alkyl halides is 2. The number of hydrogen-bond acceptors (Lipinski definition) is 6. The minimum absolute atomic E-state index is 0.161. The third kappa shape index (κ3) is 6.06. The molecule has 1 spiro atoms. The van der Waals surface area contributed by atoms with Gasteiger partial charge in [0.15, 0.2) is 5.78 Å². The number of pyridine rings is 1. The summed E-state index contributed by atoms with van der Waals surface area (Å²) in [4.78, 5) is 55.7. The lowest BCUT2D eigenvalue weighted by Crippen LogP contribution is -2.51. The molecule has 0 atom stereocenters. The predicted molar refractivity (Wildman–Crippen MR) is 135 cm³/mol. The van der Waals surface area contributed by atoms with Gasteiger partial charge in [-0.15, -0.1) is 0 Å². The summed E-state index contributed by atoms with van der Waals surface area (Å²) in [6, 6.07) is 9.56. The van der Waals surface area contributed by atoms with E-state index in [0.29, 0.717) is 17.7 Å². The molecule has 0 radical (unpaired) electrons. The van der Waals surface area contributed by atoms with Crippen LogP contribution in [0.5, 0.6) is 0 Å². The highest BCUT2D eigenvalue weighted by Gasteiger charge is 2.55. The van der Waals surface area contributed by atoms with E-state index in [-0.39, 0.29) is 25.2 Å². The number of benzene rings is 1. The van der Waals surface area contributed by atoms with E-state index in [9.17, 15) is 28.0 Å². The monoisotopic (exact) mass is 527 g/mol. The van der Waals surface area contributed by atoms with Crippen molar-refractivity contribution in [2.75, 3.05) is 6.54 Å². The molecule has 2 fully saturated rings. The van der Waals surface area contributed by atoms with Crippen molar-refractivity contribution in [1.29, 1.82) is 0 Å². The topological polar surface area (TPSA) is 106 Å². The summed E-state index contributed by atoms with van der Waals surface area (Å²) in [5.74, 6) is -4.26. The predicted octanol–water partition coefficient (Wildman–Crippen LogP) is 4.71. The van der Waals surface area contributed by atoms with E-state index < -0.39 is 54.2 Å². The van der Waals surface area contributed by atoms with E-state index in [1.165, 1.54) is 0 Å². The van der Waals surface area contributed by atoms with Crippen LogP contribution in [0.1, 0.15) is 68.9 Å². The van der Waals surface area contributed by atoms with Gasteiger partial charge >= 0.3 is 12.0 Å². The van der Waals surface area contributed by atoms with Crippen LogP contribution in [-0.2, 0) is 20.7 Å². The zero-order valence-electron chi connectivity index (χ0n) is 21.7. The molecule has 8 nitrogen and oxygen atoms in total. The number of nitrogens with one attached hydrogen (secondary N) is 1. The highest BCUT2D eigenvalue weighted by molar-refractivity contribution is 6.11. The molecule has 202 valence electrons. The fraction of sp³-hybridized carbons (Fsp3) is 0.464. The van der Waals surface area contributed by atoms with Crippen LogP contribution in [0, 0.1) is 0 Å². The van der Waals surface area contributed by atoms with Crippen molar-refractivity contribution >= 4 is 23.7 Å². The van der Waals surface area contributed by atoms with E-state index in [2.05, 4.69) is 10.3 Å². The summed E-state index contributed by atoms with van der Waals surface area (Å²) < 4.78 is 32.6. The Hall–Kier alpha value is -3.69. The zero-order valence-corrected chi connectivity index (χ0v) is 21.7. The van der Waals surface area contributed by atoms with Gasteiger partial charge in [0.05, 0.1) is 13.0 Å². The number of amides is 3. The number of halogens is 2. The molecular weight excluding hydrogens is 496 g/mol. The van der Waals surface area contributed by atoms with Crippen LogP contribution in [0.25, 0.3) is 11.1 Å². The smallest absolute Gasteiger partial charge is 0.325 e. The van der Waals surface area contributed by atoms with Gasteiger partial charge < -0.3 is 10.1 Å². The second-order valence-electron chi connectivity index (χ2n) is 10.8. The van der Waals surface area contributed by atoms with E-state index in [0.717, 1.165) is 16.0 Å². The normalized spacial score (nSPS) is 18.4. The van der Waals surface area contributed by atoms with Crippen molar-refractivity contribution < 1.29 is 32.7 Å². The van der Waals surface area contributed by atoms with Gasteiger partial charge in [0, 0.05) is 42.3 Å². The van der Waals surface area contributed by atoms with Gasteiger partial charge in [-0.2, -0.15) is 0 Å². The lowest BCUT2D eigenvalue weighted by atomic mass is 9.80. The first kappa shape index (κ1) is 27.3. The van der Waals surface area contributed by atoms with Crippen LogP contribution >= 0.6 is 0 Å². The lowest BCUT2D eigenvalue weighted by molar-refractivity contribution is -0.154. The second-order valence-corrected chi connectivity index (χ2v) is 10.8. The number of hydrogen-bond donors (Lipinski definition) is 1. The minimum atomic E-state index is -2.86. The van der Waals surface area contributed by atoms with Crippen molar-refractivity contribution in [1.82, 2.24) is 15.2 Å². The SMILES string of the molecule is CC(C)(C)OC(=O)CCc1ncccc1-c1ccc(C(=O)CN2C(=O)NC3(CCC(F)(F)CC3)C2=O)cc1. The van der Waals surface area contributed by atoms with E-state index in [4.69, 9.17) is 4.74 Å². The quantitative estimate of drug-likeness (QED) is 0.318. The number of Topliss-reactive ketones (excluding diaryl/α,β-unsaturated/α-hetero) is 1. The van der Waals surface area contributed by atoms with Crippen molar-refractivity contribution in [3.05, 3.63) is 53.9 Å². The highest BCUT2D eigenvalue weighted by Crippen LogP contribution is 2.41. The summed E-state index contributed by atoms with van der Waals surface area (Å²) >= 11 is 0. The van der Waals surface area contributed by atoms with E-state index >= 15 is 0 Å². The molecule has 1 aromatic heterocycles. The number of ketones is 1. The molecule has 2 aliphatic rings. The Kier molecular flexibility index (Phi) is 7.36.